The number of esters is 1. The highest BCUT2D eigenvalue weighted by atomic mass is 16.5. The van der Waals surface area contributed by atoms with Crippen LogP contribution in [0.5, 0.6) is 0 Å². The SMILES string of the molecule is COC(=O)[C@@H](NC(=O)N1CCc2[nH]cnc2C1c1ccncc1)C(C)C. The zero-order valence-corrected chi connectivity index (χ0v) is 15.1. The van der Waals surface area contributed by atoms with Gasteiger partial charge in [-0.3, -0.25) is 4.98 Å². The summed E-state index contributed by atoms with van der Waals surface area (Å²) in [5.74, 6) is -0.539. The number of ether oxygens (including phenoxy) is 1. The molecule has 2 atom stereocenters. The highest BCUT2D eigenvalue weighted by Gasteiger charge is 2.36. The molecule has 0 fully saturated rings. The van der Waals surface area contributed by atoms with E-state index in [0.29, 0.717) is 13.0 Å². The molecule has 2 aromatic rings. The molecule has 26 heavy (non-hydrogen) atoms. The lowest BCUT2D eigenvalue weighted by molar-refractivity contribution is -0.144. The monoisotopic (exact) mass is 357 g/mol. The summed E-state index contributed by atoms with van der Waals surface area (Å²) in [6.07, 6.45) is 5.70. The summed E-state index contributed by atoms with van der Waals surface area (Å²) >= 11 is 0. The summed E-state index contributed by atoms with van der Waals surface area (Å²) in [5.41, 5.74) is 2.75. The van der Waals surface area contributed by atoms with Crippen molar-refractivity contribution in [2.24, 2.45) is 5.92 Å². The third-order valence-electron chi connectivity index (χ3n) is 4.61. The lowest BCUT2D eigenvalue weighted by atomic mass is 9.96. The number of amides is 2. The van der Waals surface area contributed by atoms with Crippen molar-refractivity contribution in [3.63, 3.8) is 0 Å². The van der Waals surface area contributed by atoms with Gasteiger partial charge in [0.2, 0.25) is 0 Å². The van der Waals surface area contributed by atoms with Crippen LogP contribution in [0.25, 0.3) is 0 Å². The first-order valence-electron chi connectivity index (χ1n) is 8.60. The molecule has 1 aliphatic rings. The minimum Gasteiger partial charge on any atom is -0.467 e. The van der Waals surface area contributed by atoms with Crippen molar-refractivity contribution in [2.45, 2.75) is 32.4 Å². The van der Waals surface area contributed by atoms with Gasteiger partial charge in [-0.1, -0.05) is 13.8 Å². The van der Waals surface area contributed by atoms with Crippen molar-refractivity contribution < 1.29 is 14.3 Å². The Bertz CT molecular complexity index is 774. The number of H-pyrrole nitrogens is 1. The van der Waals surface area contributed by atoms with Crippen LogP contribution in [0, 0.1) is 5.92 Å². The van der Waals surface area contributed by atoms with Crippen LogP contribution in [-0.2, 0) is 16.0 Å². The molecule has 8 nitrogen and oxygen atoms in total. The molecule has 0 spiro atoms. The summed E-state index contributed by atoms with van der Waals surface area (Å²) in [7, 11) is 1.32. The number of methoxy groups -OCH3 is 1. The molecule has 0 aromatic carbocycles. The topological polar surface area (TPSA) is 100 Å². The van der Waals surface area contributed by atoms with Gasteiger partial charge in [0.25, 0.3) is 0 Å². The number of pyridine rings is 1. The van der Waals surface area contributed by atoms with Crippen LogP contribution < -0.4 is 5.32 Å². The molecule has 3 rings (SSSR count). The number of hydrogen-bond donors (Lipinski definition) is 2. The number of aromatic amines is 1. The van der Waals surface area contributed by atoms with E-state index in [2.05, 4.69) is 20.3 Å². The van der Waals surface area contributed by atoms with Gasteiger partial charge in [-0.25, -0.2) is 14.6 Å². The van der Waals surface area contributed by atoms with Crippen molar-refractivity contribution in [1.29, 1.82) is 0 Å². The molecule has 3 heterocycles. The van der Waals surface area contributed by atoms with E-state index in [1.165, 1.54) is 7.11 Å². The summed E-state index contributed by atoms with van der Waals surface area (Å²) < 4.78 is 4.82. The van der Waals surface area contributed by atoms with E-state index in [0.717, 1.165) is 17.0 Å². The number of carbonyl (C=O) groups excluding carboxylic acids is 2. The van der Waals surface area contributed by atoms with Crippen LogP contribution in [0.3, 0.4) is 0 Å². The smallest absolute Gasteiger partial charge is 0.328 e. The normalized spacial score (nSPS) is 17.5. The average molecular weight is 357 g/mol. The molecule has 8 heteroatoms. The number of aromatic nitrogens is 3. The van der Waals surface area contributed by atoms with E-state index in [9.17, 15) is 9.59 Å². The molecule has 0 bridgehead atoms. The van der Waals surface area contributed by atoms with Crippen molar-refractivity contribution in [1.82, 2.24) is 25.2 Å². The number of fused-ring (bicyclic) bond motifs is 1. The fourth-order valence-electron chi connectivity index (χ4n) is 3.22. The maximum absolute atomic E-state index is 13.0. The molecule has 0 saturated carbocycles. The maximum Gasteiger partial charge on any atom is 0.328 e. The Morgan fingerprint density at radius 2 is 2.08 bits per heavy atom. The predicted molar refractivity (Wildman–Crippen MR) is 94.3 cm³/mol. The van der Waals surface area contributed by atoms with Gasteiger partial charge < -0.3 is 19.9 Å². The number of urea groups is 1. The second kappa shape index (κ2) is 7.55. The maximum atomic E-state index is 13.0. The van der Waals surface area contributed by atoms with Crippen LogP contribution in [0.4, 0.5) is 4.79 Å². The molecule has 1 unspecified atom stereocenters. The Labute approximate surface area is 152 Å². The van der Waals surface area contributed by atoms with Gasteiger partial charge in [-0.15, -0.1) is 0 Å². The molecule has 2 aromatic heterocycles. The molecule has 0 aliphatic carbocycles. The van der Waals surface area contributed by atoms with Crippen LogP contribution in [0.1, 0.15) is 36.8 Å². The van der Waals surface area contributed by atoms with Gasteiger partial charge in [0.05, 0.1) is 19.1 Å². The Balaban J connectivity index is 1.90. The average Bonchev–Trinajstić information content (AvgIpc) is 3.13. The quantitative estimate of drug-likeness (QED) is 0.811. The second-order valence-corrected chi connectivity index (χ2v) is 6.59. The minimum absolute atomic E-state index is 0.0866. The predicted octanol–water partition coefficient (Wildman–Crippen LogP) is 1.66. The van der Waals surface area contributed by atoms with Crippen molar-refractivity contribution in [3.8, 4) is 0 Å². The summed E-state index contributed by atoms with van der Waals surface area (Å²) in [6, 6.07) is 2.39. The molecular formula is C18H23N5O3. The number of carbonyl (C=O) groups is 2. The van der Waals surface area contributed by atoms with E-state index in [1.807, 2.05) is 26.0 Å². The van der Waals surface area contributed by atoms with Gasteiger partial charge in [0.15, 0.2) is 0 Å². The number of nitrogens with one attached hydrogen (secondary N) is 2. The van der Waals surface area contributed by atoms with E-state index in [-0.39, 0.29) is 18.0 Å². The first-order valence-corrected chi connectivity index (χ1v) is 8.60. The summed E-state index contributed by atoms with van der Waals surface area (Å²) in [4.78, 5) is 38.3. The van der Waals surface area contributed by atoms with Crippen LogP contribution in [0.2, 0.25) is 0 Å². The number of hydrogen-bond acceptors (Lipinski definition) is 5. The highest BCUT2D eigenvalue weighted by molar-refractivity contribution is 5.84. The van der Waals surface area contributed by atoms with Crippen LogP contribution >= 0.6 is 0 Å². The molecule has 2 amide bonds. The third-order valence-corrected chi connectivity index (χ3v) is 4.61. The fourth-order valence-corrected chi connectivity index (χ4v) is 3.22. The molecular weight excluding hydrogens is 334 g/mol. The van der Waals surface area contributed by atoms with E-state index >= 15 is 0 Å². The van der Waals surface area contributed by atoms with Gasteiger partial charge in [-0.05, 0) is 23.6 Å². The molecule has 0 saturated heterocycles. The van der Waals surface area contributed by atoms with Crippen molar-refractivity contribution in [2.75, 3.05) is 13.7 Å². The van der Waals surface area contributed by atoms with Gasteiger partial charge in [0.1, 0.15) is 12.1 Å². The zero-order chi connectivity index (χ0) is 18.7. The Kier molecular flexibility index (Phi) is 5.20. The Hall–Kier alpha value is -2.90. The molecule has 0 radical (unpaired) electrons. The van der Waals surface area contributed by atoms with Gasteiger partial charge in [0, 0.05) is 31.1 Å². The lowest BCUT2D eigenvalue weighted by Crippen LogP contribution is -2.53. The summed E-state index contributed by atoms with van der Waals surface area (Å²) in [5, 5.41) is 2.82. The van der Waals surface area contributed by atoms with Gasteiger partial charge in [-0.2, -0.15) is 0 Å². The van der Waals surface area contributed by atoms with Crippen LogP contribution in [-0.4, -0.2) is 51.5 Å². The lowest BCUT2D eigenvalue weighted by Gasteiger charge is -2.36. The fraction of sp³-hybridized carbons (Fsp3) is 0.444. The van der Waals surface area contributed by atoms with E-state index in [4.69, 9.17) is 4.74 Å². The van der Waals surface area contributed by atoms with Crippen molar-refractivity contribution >= 4 is 12.0 Å². The number of rotatable bonds is 4. The molecule has 1 aliphatic heterocycles. The molecule has 138 valence electrons. The Morgan fingerprint density at radius 1 is 1.35 bits per heavy atom. The molecule has 2 N–H and O–H groups in total. The van der Waals surface area contributed by atoms with Gasteiger partial charge >= 0.3 is 12.0 Å². The standard InChI is InChI=1S/C18H23N5O3/c1-11(2)14(17(24)26-3)22-18(25)23-9-6-13-15(21-10-20-13)16(23)12-4-7-19-8-5-12/h4-5,7-8,10-11,14,16H,6,9H2,1-3H3,(H,20,21)(H,22,25)/t14-,16?/m0/s1. The highest BCUT2D eigenvalue weighted by Crippen LogP contribution is 2.33. The first-order chi connectivity index (χ1) is 12.5. The Morgan fingerprint density at radius 3 is 2.73 bits per heavy atom. The second-order valence-electron chi connectivity index (χ2n) is 6.59. The van der Waals surface area contributed by atoms with E-state index < -0.39 is 12.0 Å². The minimum atomic E-state index is -0.703. The number of nitrogens with zero attached hydrogens (tertiary/aromatic N) is 3. The van der Waals surface area contributed by atoms with Crippen molar-refractivity contribution in [3.05, 3.63) is 47.8 Å². The van der Waals surface area contributed by atoms with Crippen LogP contribution in [0.15, 0.2) is 30.9 Å². The summed E-state index contributed by atoms with van der Waals surface area (Å²) in [6.45, 7) is 4.24. The largest absolute Gasteiger partial charge is 0.467 e. The third kappa shape index (κ3) is 3.40. The zero-order valence-electron chi connectivity index (χ0n) is 15.1. The number of imidazole rings is 1. The first kappa shape index (κ1) is 17.9. The van der Waals surface area contributed by atoms with E-state index in [1.54, 1.807) is 23.6 Å².